The Bertz CT molecular complexity index is 1080. The van der Waals surface area contributed by atoms with Crippen molar-refractivity contribution < 1.29 is 14.3 Å². The second-order valence-electron chi connectivity index (χ2n) is 7.04. The summed E-state index contributed by atoms with van der Waals surface area (Å²) in [6, 6.07) is 8.54. The summed E-state index contributed by atoms with van der Waals surface area (Å²) in [4.78, 5) is 17.7. The first-order valence-electron chi connectivity index (χ1n) is 9.04. The van der Waals surface area contributed by atoms with Crippen molar-refractivity contribution in [1.29, 1.82) is 5.26 Å². The minimum absolute atomic E-state index is 0.106. The summed E-state index contributed by atoms with van der Waals surface area (Å²) in [6.45, 7) is 8.05. The number of methoxy groups -OCH3 is 1. The van der Waals surface area contributed by atoms with Crippen LogP contribution >= 0.6 is 0 Å². The Morgan fingerprint density at radius 2 is 1.93 bits per heavy atom. The van der Waals surface area contributed by atoms with Crippen molar-refractivity contribution >= 4 is 17.0 Å². The molecule has 0 fully saturated rings. The zero-order valence-corrected chi connectivity index (χ0v) is 16.6. The summed E-state index contributed by atoms with van der Waals surface area (Å²) < 4.78 is 12.6. The number of nitriles is 1. The van der Waals surface area contributed by atoms with Gasteiger partial charge in [0, 0.05) is 17.8 Å². The maximum Gasteiger partial charge on any atom is 0.344 e. The molecule has 7 nitrogen and oxygen atoms in total. The third-order valence-corrected chi connectivity index (χ3v) is 4.38. The Balaban J connectivity index is 2.08. The molecular formula is C21H22N4O3. The van der Waals surface area contributed by atoms with Gasteiger partial charge in [-0.05, 0) is 38.0 Å². The largest absolute Gasteiger partial charge is 0.493 e. The van der Waals surface area contributed by atoms with Gasteiger partial charge in [-0.25, -0.2) is 14.5 Å². The number of fused-ring (bicyclic) bond motifs is 1. The Hall–Kier alpha value is -3.40. The highest BCUT2D eigenvalue weighted by atomic mass is 16.6. The van der Waals surface area contributed by atoms with Crippen molar-refractivity contribution in [1.82, 2.24) is 14.8 Å². The van der Waals surface area contributed by atoms with E-state index < -0.39 is 5.97 Å². The zero-order chi connectivity index (χ0) is 20.4. The van der Waals surface area contributed by atoms with Crippen LogP contribution in [0.5, 0.6) is 11.5 Å². The smallest absolute Gasteiger partial charge is 0.344 e. The van der Waals surface area contributed by atoms with Gasteiger partial charge in [0.15, 0.2) is 17.1 Å². The zero-order valence-electron chi connectivity index (χ0n) is 16.6. The standard InChI is InChI=1S/C21H22N4O3/c1-12(2)17-9-15(16-11-23-25(13(3)4)20(16)24-17)21(26)28-18-7-6-14(10-22)8-19(18)27-5/h6-9,11-13H,1-5H3. The molecule has 7 heteroatoms. The van der Waals surface area contributed by atoms with E-state index >= 15 is 0 Å². The summed E-state index contributed by atoms with van der Waals surface area (Å²) in [5.74, 6) is 0.176. The molecule has 0 saturated carbocycles. The molecule has 2 heterocycles. The lowest BCUT2D eigenvalue weighted by Crippen LogP contribution is -2.12. The first-order chi connectivity index (χ1) is 13.3. The Morgan fingerprint density at radius 1 is 1.18 bits per heavy atom. The van der Waals surface area contributed by atoms with Gasteiger partial charge in [-0.2, -0.15) is 10.4 Å². The first-order valence-corrected chi connectivity index (χ1v) is 9.04. The summed E-state index contributed by atoms with van der Waals surface area (Å²) in [7, 11) is 1.46. The van der Waals surface area contributed by atoms with Crippen molar-refractivity contribution in [2.24, 2.45) is 0 Å². The number of pyridine rings is 1. The first kappa shape index (κ1) is 19.4. The van der Waals surface area contributed by atoms with Crippen LogP contribution in [-0.2, 0) is 0 Å². The van der Waals surface area contributed by atoms with E-state index in [4.69, 9.17) is 19.7 Å². The molecule has 0 bridgehead atoms. The number of hydrogen-bond donors (Lipinski definition) is 0. The molecule has 0 spiro atoms. The molecule has 0 radical (unpaired) electrons. The number of hydrogen-bond acceptors (Lipinski definition) is 6. The monoisotopic (exact) mass is 378 g/mol. The highest BCUT2D eigenvalue weighted by molar-refractivity contribution is 6.03. The van der Waals surface area contributed by atoms with Crippen LogP contribution < -0.4 is 9.47 Å². The molecule has 0 aliphatic carbocycles. The molecule has 0 N–H and O–H groups in total. The fourth-order valence-electron chi connectivity index (χ4n) is 2.86. The van der Waals surface area contributed by atoms with Gasteiger partial charge in [0.1, 0.15) is 0 Å². The average molecular weight is 378 g/mol. The third-order valence-electron chi connectivity index (χ3n) is 4.38. The van der Waals surface area contributed by atoms with Crippen molar-refractivity contribution in [3.8, 4) is 17.6 Å². The van der Waals surface area contributed by atoms with Crippen LogP contribution in [0.1, 0.15) is 61.3 Å². The van der Waals surface area contributed by atoms with Crippen LogP contribution in [0.2, 0.25) is 0 Å². The van der Waals surface area contributed by atoms with Gasteiger partial charge in [0.25, 0.3) is 0 Å². The van der Waals surface area contributed by atoms with Crippen LogP contribution in [0.15, 0.2) is 30.5 Å². The molecule has 2 aromatic heterocycles. The SMILES string of the molecule is COc1cc(C#N)ccc1OC(=O)c1cc(C(C)C)nc2c1cnn2C(C)C. The van der Waals surface area contributed by atoms with Crippen LogP contribution in [-0.4, -0.2) is 27.8 Å². The fraction of sp³-hybridized carbons (Fsp3) is 0.333. The van der Waals surface area contributed by atoms with Gasteiger partial charge < -0.3 is 9.47 Å². The quantitative estimate of drug-likeness (QED) is 0.487. The Labute approximate surface area is 163 Å². The molecule has 0 amide bonds. The summed E-state index contributed by atoms with van der Waals surface area (Å²) in [5, 5.41) is 14.0. The number of carbonyl (C=O) groups excluding carboxylic acids is 1. The minimum Gasteiger partial charge on any atom is -0.493 e. The van der Waals surface area contributed by atoms with Crippen molar-refractivity contribution in [3.05, 3.63) is 47.3 Å². The van der Waals surface area contributed by atoms with Crippen LogP contribution in [0.25, 0.3) is 11.0 Å². The van der Waals surface area contributed by atoms with Gasteiger partial charge in [-0.3, -0.25) is 0 Å². The summed E-state index contributed by atoms with van der Waals surface area (Å²) in [5.41, 5.74) is 2.25. The van der Waals surface area contributed by atoms with Crippen LogP contribution in [0, 0.1) is 11.3 Å². The van der Waals surface area contributed by atoms with E-state index in [1.165, 1.54) is 13.2 Å². The second-order valence-corrected chi connectivity index (χ2v) is 7.04. The molecule has 0 aliphatic rings. The number of esters is 1. The van der Waals surface area contributed by atoms with E-state index in [0.717, 1.165) is 5.69 Å². The van der Waals surface area contributed by atoms with Crippen molar-refractivity contribution in [2.75, 3.05) is 7.11 Å². The summed E-state index contributed by atoms with van der Waals surface area (Å²) >= 11 is 0. The van der Waals surface area contributed by atoms with E-state index in [9.17, 15) is 4.79 Å². The maximum atomic E-state index is 13.0. The van der Waals surface area contributed by atoms with E-state index in [1.54, 1.807) is 29.1 Å². The molecular weight excluding hydrogens is 356 g/mol. The summed E-state index contributed by atoms with van der Waals surface area (Å²) in [6.07, 6.45) is 1.64. The molecule has 0 saturated heterocycles. The fourth-order valence-corrected chi connectivity index (χ4v) is 2.86. The molecule has 0 aliphatic heterocycles. The highest BCUT2D eigenvalue weighted by Crippen LogP contribution is 2.30. The number of benzene rings is 1. The maximum absolute atomic E-state index is 13.0. The van der Waals surface area contributed by atoms with E-state index in [1.807, 2.05) is 33.8 Å². The lowest BCUT2D eigenvalue weighted by atomic mass is 10.1. The predicted molar refractivity (Wildman–Crippen MR) is 105 cm³/mol. The number of rotatable bonds is 5. The van der Waals surface area contributed by atoms with Crippen molar-refractivity contribution in [3.63, 3.8) is 0 Å². The number of ether oxygens (including phenoxy) is 2. The molecule has 0 unspecified atom stereocenters. The van der Waals surface area contributed by atoms with E-state index in [0.29, 0.717) is 27.9 Å². The Kier molecular flexibility index (Phi) is 5.32. The van der Waals surface area contributed by atoms with Gasteiger partial charge >= 0.3 is 5.97 Å². The molecule has 3 aromatic rings. The topological polar surface area (TPSA) is 90.0 Å². The number of aromatic nitrogens is 3. The van der Waals surface area contributed by atoms with E-state index in [2.05, 4.69) is 5.10 Å². The normalized spacial score (nSPS) is 11.1. The third kappa shape index (κ3) is 3.54. The molecule has 1 aromatic carbocycles. The van der Waals surface area contributed by atoms with Gasteiger partial charge in [-0.1, -0.05) is 13.8 Å². The minimum atomic E-state index is -0.527. The van der Waals surface area contributed by atoms with Crippen LogP contribution in [0.3, 0.4) is 0 Å². The van der Waals surface area contributed by atoms with Crippen LogP contribution in [0.4, 0.5) is 0 Å². The lowest BCUT2D eigenvalue weighted by molar-refractivity contribution is 0.0731. The molecule has 144 valence electrons. The van der Waals surface area contributed by atoms with Crippen molar-refractivity contribution in [2.45, 2.75) is 39.7 Å². The average Bonchev–Trinajstić information content (AvgIpc) is 3.11. The van der Waals surface area contributed by atoms with E-state index in [-0.39, 0.29) is 17.7 Å². The Morgan fingerprint density at radius 3 is 2.54 bits per heavy atom. The lowest BCUT2D eigenvalue weighted by Gasteiger charge is -2.13. The molecule has 3 rings (SSSR count). The van der Waals surface area contributed by atoms with Gasteiger partial charge in [0.2, 0.25) is 0 Å². The van der Waals surface area contributed by atoms with Gasteiger partial charge in [-0.15, -0.1) is 0 Å². The second kappa shape index (κ2) is 7.69. The van der Waals surface area contributed by atoms with Gasteiger partial charge in [0.05, 0.1) is 35.9 Å². The predicted octanol–water partition coefficient (Wildman–Crippen LogP) is 4.24. The highest BCUT2D eigenvalue weighted by Gasteiger charge is 2.21. The number of nitrogens with zero attached hydrogens (tertiary/aromatic N) is 4. The molecule has 0 atom stereocenters. The number of carbonyl (C=O) groups is 1. The molecule has 28 heavy (non-hydrogen) atoms.